The van der Waals surface area contributed by atoms with Gasteiger partial charge in [0, 0.05) is 12.2 Å². The Morgan fingerprint density at radius 3 is 2.70 bits per heavy atom. The number of ether oxygens (including phenoxy) is 1. The van der Waals surface area contributed by atoms with Gasteiger partial charge in [-0.2, -0.15) is 0 Å². The fourth-order valence-electron chi connectivity index (χ4n) is 3.35. The van der Waals surface area contributed by atoms with E-state index < -0.39 is 0 Å². The van der Waals surface area contributed by atoms with Crippen molar-refractivity contribution in [2.75, 3.05) is 18.1 Å². The van der Waals surface area contributed by atoms with Crippen molar-refractivity contribution in [2.24, 2.45) is 0 Å². The molecule has 3 aromatic carbocycles. The van der Waals surface area contributed by atoms with Crippen molar-refractivity contribution in [1.29, 1.82) is 0 Å². The number of nitrogens with zero attached hydrogens (tertiary/aromatic N) is 1. The molecule has 1 saturated heterocycles. The Balaban J connectivity index is 1.41. The molecular formula is C22H20N2O3. The zero-order valence-electron chi connectivity index (χ0n) is 14.9. The Kier molecular flexibility index (Phi) is 4.75. The molecule has 2 amide bonds. The molecular weight excluding hydrogens is 340 g/mol. The Hall–Kier alpha value is -3.34. The molecule has 0 unspecified atom stereocenters. The lowest BCUT2D eigenvalue weighted by Gasteiger charge is -2.14. The number of amides is 2. The maximum Gasteiger partial charge on any atom is 0.414 e. The zero-order valence-corrected chi connectivity index (χ0v) is 14.9. The summed E-state index contributed by atoms with van der Waals surface area (Å²) in [6.07, 6.45) is 0.00611. The van der Waals surface area contributed by atoms with Crippen LogP contribution in [-0.4, -0.2) is 25.2 Å². The lowest BCUT2D eigenvalue weighted by Crippen LogP contribution is -2.25. The highest BCUT2D eigenvalue weighted by Gasteiger charge is 2.23. The summed E-state index contributed by atoms with van der Waals surface area (Å²) in [5.74, 6) is -0.0302. The second kappa shape index (κ2) is 7.50. The molecule has 3 aromatic rings. The standard InChI is InChI=1S/C22H20N2O3/c25-21(14-18-8-4-7-17-6-1-2-10-20(17)18)23-15-16-5-3-9-19(13-16)24-11-12-27-22(24)26/h1-10,13H,11-12,14-15H2,(H,23,25). The molecule has 0 bridgehead atoms. The quantitative estimate of drug-likeness (QED) is 0.755. The number of hydrogen-bond acceptors (Lipinski definition) is 3. The fraction of sp³-hybridized carbons (Fsp3) is 0.182. The smallest absolute Gasteiger partial charge is 0.414 e. The molecule has 136 valence electrons. The van der Waals surface area contributed by atoms with E-state index >= 15 is 0 Å². The third kappa shape index (κ3) is 3.77. The summed E-state index contributed by atoms with van der Waals surface area (Å²) in [4.78, 5) is 25.7. The van der Waals surface area contributed by atoms with E-state index in [-0.39, 0.29) is 12.0 Å². The summed E-state index contributed by atoms with van der Waals surface area (Å²) in [6, 6.07) is 21.7. The molecule has 0 radical (unpaired) electrons. The van der Waals surface area contributed by atoms with Gasteiger partial charge in [0.25, 0.3) is 0 Å². The SMILES string of the molecule is O=C(Cc1cccc2ccccc12)NCc1cccc(N2CCOC2=O)c1. The molecule has 4 rings (SSSR count). The van der Waals surface area contributed by atoms with Crippen molar-refractivity contribution in [3.05, 3.63) is 77.9 Å². The van der Waals surface area contributed by atoms with Gasteiger partial charge in [-0.15, -0.1) is 0 Å². The van der Waals surface area contributed by atoms with Gasteiger partial charge in [-0.25, -0.2) is 4.79 Å². The Labute approximate surface area is 157 Å². The molecule has 5 heteroatoms. The highest BCUT2D eigenvalue weighted by atomic mass is 16.6. The summed E-state index contributed by atoms with van der Waals surface area (Å²) >= 11 is 0. The molecule has 1 aliphatic heterocycles. The minimum absolute atomic E-state index is 0.0302. The van der Waals surface area contributed by atoms with Gasteiger partial charge in [0.2, 0.25) is 5.91 Å². The average Bonchev–Trinajstić information content (AvgIpc) is 3.13. The Bertz CT molecular complexity index is 994. The molecule has 1 heterocycles. The van der Waals surface area contributed by atoms with Crippen LogP contribution in [0.25, 0.3) is 10.8 Å². The number of anilines is 1. The van der Waals surface area contributed by atoms with Crippen LogP contribution in [0.1, 0.15) is 11.1 Å². The number of rotatable bonds is 5. The molecule has 5 nitrogen and oxygen atoms in total. The van der Waals surface area contributed by atoms with Crippen LogP contribution in [0.2, 0.25) is 0 Å². The van der Waals surface area contributed by atoms with Gasteiger partial charge in [-0.3, -0.25) is 9.69 Å². The average molecular weight is 360 g/mol. The highest BCUT2D eigenvalue weighted by Crippen LogP contribution is 2.21. The first kappa shape index (κ1) is 17.1. The van der Waals surface area contributed by atoms with Crippen molar-refractivity contribution < 1.29 is 14.3 Å². The van der Waals surface area contributed by atoms with E-state index in [1.165, 1.54) is 0 Å². The van der Waals surface area contributed by atoms with E-state index in [1.807, 2.05) is 66.7 Å². The number of carbonyl (C=O) groups is 2. The Morgan fingerprint density at radius 2 is 1.85 bits per heavy atom. The first-order valence-electron chi connectivity index (χ1n) is 8.97. The predicted octanol–water partition coefficient (Wildman–Crippen LogP) is 3.66. The molecule has 1 fully saturated rings. The molecule has 0 spiro atoms. The molecule has 0 aliphatic carbocycles. The summed E-state index contributed by atoms with van der Waals surface area (Å²) < 4.78 is 4.98. The normalized spacial score (nSPS) is 13.6. The van der Waals surface area contributed by atoms with Crippen LogP contribution in [0, 0.1) is 0 Å². The van der Waals surface area contributed by atoms with Crippen LogP contribution in [0.5, 0.6) is 0 Å². The fourth-order valence-corrected chi connectivity index (χ4v) is 3.35. The van der Waals surface area contributed by atoms with Gasteiger partial charge in [-0.1, -0.05) is 54.6 Å². The van der Waals surface area contributed by atoms with E-state index in [2.05, 4.69) is 5.32 Å². The summed E-state index contributed by atoms with van der Waals surface area (Å²) in [5, 5.41) is 5.20. The summed E-state index contributed by atoms with van der Waals surface area (Å²) in [6.45, 7) is 1.38. The molecule has 1 N–H and O–H groups in total. The first-order chi connectivity index (χ1) is 13.2. The highest BCUT2D eigenvalue weighted by molar-refractivity contribution is 5.90. The lowest BCUT2D eigenvalue weighted by atomic mass is 10.0. The van der Waals surface area contributed by atoms with Crippen molar-refractivity contribution >= 4 is 28.5 Å². The molecule has 1 aliphatic rings. The van der Waals surface area contributed by atoms with Gasteiger partial charge in [0.1, 0.15) is 6.61 Å². The van der Waals surface area contributed by atoms with Gasteiger partial charge in [0.05, 0.1) is 13.0 Å². The van der Waals surface area contributed by atoms with Gasteiger partial charge < -0.3 is 10.1 Å². The number of cyclic esters (lactones) is 1. The molecule has 0 aromatic heterocycles. The maximum atomic E-state index is 12.4. The van der Waals surface area contributed by atoms with Crippen LogP contribution in [0.4, 0.5) is 10.5 Å². The number of benzene rings is 3. The number of fused-ring (bicyclic) bond motifs is 1. The van der Waals surface area contributed by atoms with Crippen molar-refractivity contribution in [2.45, 2.75) is 13.0 Å². The van der Waals surface area contributed by atoms with Crippen molar-refractivity contribution in [3.8, 4) is 0 Å². The van der Waals surface area contributed by atoms with Crippen LogP contribution in [-0.2, 0) is 22.5 Å². The largest absolute Gasteiger partial charge is 0.447 e. The molecule has 0 atom stereocenters. The third-order valence-corrected chi connectivity index (χ3v) is 4.70. The van der Waals surface area contributed by atoms with Gasteiger partial charge in [-0.05, 0) is 34.0 Å². The number of hydrogen-bond donors (Lipinski definition) is 1. The van der Waals surface area contributed by atoms with Gasteiger partial charge in [0.15, 0.2) is 0 Å². The molecule has 0 saturated carbocycles. The van der Waals surface area contributed by atoms with Crippen LogP contribution in [0.15, 0.2) is 66.7 Å². The van der Waals surface area contributed by atoms with E-state index in [0.29, 0.717) is 26.1 Å². The minimum atomic E-state index is -0.327. The Morgan fingerprint density at radius 1 is 1.04 bits per heavy atom. The van der Waals surface area contributed by atoms with E-state index in [1.54, 1.807) is 4.90 Å². The zero-order chi connectivity index (χ0) is 18.6. The van der Waals surface area contributed by atoms with Crippen molar-refractivity contribution in [1.82, 2.24) is 5.32 Å². The van der Waals surface area contributed by atoms with E-state index in [9.17, 15) is 9.59 Å². The lowest BCUT2D eigenvalue weighted by molar-refractivity contribution is -0.120. The molecule has 27 heavy (non-hydrogen) atoms. The second-order valence-corrected chi connectivity index (χ2v) is 6.53. The summed E-state index contributed by atoms with van der Waals surface area (Å²) in [7, 11) is 0. The topological polar surface area (TPSA) is 58.6 Å². The van der Waals surface area contributed by atoms with Crippen LogP contribution >= 0.6 is 0 Å². The first-order valence-corrected chi connectivity index (χ1v) is 8.97. The van der Waals surface area contributed by atoms with E-state index in [4.69, 9.17) is 4.74 Å². The second-order valence-electron chi connectivity index (χ2n) is 6.53. The predicted molar refractivity (Wildman–Crippen MR) is 105 cm³/mol. The third-order valence-electron chi connectivity index (χ3n) is 4.70. The van der Waals surface area contributed by atoms with E-state index in [0.717, 1.165) is 27.6 Å². The minimum Gasteiger partial charge on any atom is -0.447 e. The van der Waals surface area contributed by atoms with Crippen LogP contribution in [0.3, 0.4) is 0 Å². The maximum absolute atomic E-state index is 12.4. The number of nitrogens with one attached hydrogen (secondary N) is 1. The summed E-state index contributed by atoms with van der Waals surface area (Å²) in [5.41, 5.74) is 2.75. The monoisotopic (exact) mass is 360 g/mol. The number of carbonyl (C=O) groups excluding carboxylic acids is 2. The van der Waals surface area contributed by atoms with Crippen molar-refractivity contribution in [3.63, 3.8) is 0 Å². The van der Waals surface area contributed by atoms with Crippen LogP contribution < -0.4 is 10.2 Å². The van der Waals surface area contributed by atoms with Gasteiger partial charge >= 0.3 is 6.09 Å².